The molecule has 1 aromatic heterocycles. The number of nitrogens with one attached hydrogen (secondary N) is 1. The van der Waals surface area contributed by atoms with Gasteiger partial charge < -0.3 is 10.1 Å². The van der Waals surface area contributed by atoms with E-state index < -0.39 is 29.3 Å². The number of amides is 1. The van der Waals surface area contributed by atoms with E-state index >= 15 is 0 Å². The average Bonchev–Trinajstić information content (AvgIpc) is 3.01. The van der Waals surface area contributed by atoms with Gasteiger partial charge in [-0.05, 0) is 30.5 Å². The summed E-state index contributed by atoms with van der Waals surface area (Å²) in [5.74, 6) is -1.04. The second kappa shape index (κ2) is 8.52. The van der Waals surface area contributed by atoms with E-state index in [0.717, 1.165) is 23.8 Å². The minimum Gasteiger partial charge on any atom is -0.484 e. The normalized spacial score (nSPS) is 11.3. The largest absolute Gasteiger partial charge is 0.484 e. The van der Waals surface area contributed by atoms with Crippen molar-refractivity contribution in [1.29, 1.82) is 0 Å². The van der Waals surface area contributed by atoms with Crippen LogP contribution >= 0.6 is 0 Å². The number of benzene rings is 1. The predicted molar refractivity (Wildman–Crippen MR) is 88.5 cm³/mol. The molecule has 8 nitrogen and oxygen atoms in total. The fraction of sp³-hybridized carbons (Fsp3) is 0.375. The van der Waals surface area contributed by atoms with Crippen LogP contribution in [0.15, 0.2) is 30.6 Å². The van der Waals surface area contributed by atoms with Gasteiger partial charge in [-0.3, -0.25) is 19.6 Å². The fourth-order valence-electron chi connectivity index (χ4n) is 2.30. The molecule has 146 valence electrons. The number of hydrogen-bond donors (Lipinski definition) is 1. The average molecular weight is 386 g/mol. The summed E-state index contributed by atoms with van der Waals surface area (Å²) in [6, 6.07) is 2.89. The summed E-state index contributed by atoms with van der Waals surface area (Å²) in [5.41, 5.74) is 0.0976. The van der Waals surface area contributed by atoms with Crippen LogP contribution in [-0.4, -0.2) is 39.9 Å². The summed E-state index contributed by atoms with van der Waals surface area (Å²) in [4.78, 5) is 22.5. The van der Waals surface area contributed by atoms with Crippen LogP contribution in [0.5, 0.6) is 5.75 Å². The summed E-state index contributed by atoms with van der Waals surface area (Å²) >= 11 is 0. The SMILES string of the molecule is Cn1cc(CCCNC(=O)c2cc(OCC(F)(F)F)ccc2[N+](=O)[O-])cn1. The Balaban J connectivity index is 2.00. The molecule has 0 atom stereocenters. The summed E-state index contributed by atoms with van der Waals surface area (Å²) in [6.45, 7) is -1.32. The molecule has 11 heteroatoms. The summed E-state index contributed by atoms with van der Waals surface area (Å²) in [5, 5.41) is 17.6. The number of hydrogen-bond acceptors (Lipinski definition) is 5. The number of rotatable bonds is 8. The second-order valence-corrected chi connectivity index (χ2v) is 5.72. The minimum atomic E-state index is -4.56. The summed E-state index contributed by atoms with van der Waals surface area (Å²) in [6.07, 6.45) is 0.166. The second-order valence-electron chi connectivity index (χ2n) is 5.72. The van der Waals surface area contributed by atoms with Gasteiger partial charge in [0.25, 0.3) is 11.6 Å². The summed E-state index contributed by atoms with van der Waals surface area (Å²) < 4.78 is 42.9. The predicted octanol–water partition coefficient (Wildman–Crippen LogP) is 2.63. The van der Waals surface area contributed by atoms with Crippen LogP contribution in [0.25, 0.3) is 0 Å². The van der Waals surface area contributed by atoms with Crippen LogP contribution in [0.2, 0.25) is 0 Å². The third-order valence-corrected chi connectivity index (χ3v) is 3.50. The van der Waals surface area contributed by atoms with E-state index in [4.69, 9.17) is 0 Å². The molecule has 1 heterocycles. The van der Waals surface area contributed by atoms with E-state index in [0.29, 0.717) is 12.8 Å². The number of ether oxygens (including phenoxy) is 1. The first-order valence-corrected chi connectivity index (χ1v) is 7.89. The summed E-state index contributed by atoms with van der Waals surface area (Å²) in [7, 11) is 1.78. The highest BCUT2D eigenvalue weighted by molar-refractivity contribution is 5.98. The molecule has 0 aliphatic heterocycles. The van der Waals surface area contributed by atoms with Crippen molar-refractivity contribution in [2.75, 3.05) is 13.2 Å². The minimum absolute atomic E-state index is 0.235. The third-order valence-electron chi connectivity index (χ3n) is 3.50. The molecule has 0 unspecified atom stereocenters. The molecular weight excluding hydrogens is 369 g/mol. The van der Waals surface area contributed by atoms with Crippen molar-refractivity contribution in [3.8, 4) is 5.75 Å². The van der Waals surface area contributed by atoms with E-state index in [2.05, 4.69) is 15.2 Å². The lowest BCUT2D eigenvalue weighted by molar-refractivity contribution is -0.385. The Morgan fingerprint density at radius 2 is 2.15 bits per heavy atom. The van der Waals surface area contributed by atoms with Crippen molar-refractivity contribution in [2.24, 2.45) is 7.05 Å². The number of nitro benzene ring substituents is 1. The Labute approximate surface area is 152 Å². The van der Waals surface area contributed by atoms with Crippen molar-refractivity contribution in [3.63, 3.8) is 0 Å². The number of carbonyl (C=O) groups excluding carboxylic acids is 1. The van der Waals surface area contributed by atoms with Gasteiger partial charge in [0.05, 0.1) is 11.1 Å². The number of halogens is 3. The number of aryl methyl sites for hydroxylation is 2. The molecule has 2 rings (SSSR count). The zero-order chi connectivity index (χ0) is 20.0. The van der Waals surface area contributed by atoms with Gasteiger partial charge in [0.2, 0.25) is 0 Å². The smallest absolute Gasteiger partial charge is 0.422 e. The third kappa shape index (κ3) is 6.28. The van der Waals surface area contributed by atoms with Gasteiger partial charge in [0, 0.05) is 25.9 Å². The molecule has 27 heavy (non-hydrogen) atoms. The molecule has 0 saturated heterocycles. The Kier molecular flexibility index (Phi) is 6.37. The molecule has 0 fully saturated rings. The van der Waals surface area contributed by atoms with E-state index in [1.165, 1.54) is 0 Å². The zero-order valence-corrected chi connectivity index (χ0v) is 14.3. The van der Waals surface area contributed by atoms with Gasteiger partial charge in [0.15, 0.2) is 6.61 Å². The van der Waals surface area contributed by atoms with Crippen LogP contribution in [0.3, 0.4) is 0 Å². The number of alkyl halides is 3. The lowest BCUT2D eigenvalue weighted by Crippen LogP contribution is -2.26. The first kappa shape index (κ1) is 20.2. The number of nitrogens with zero attached hydrogens (tertiary/aromatic N) is 3. The Hall–Kier alpha value is -3.11. The van der Waals surface area contributed by atoms with Gasteiger partial charge in [-0.25, -0.2) is 0 Å². The lowest BCUT2D eigenvalue weighted by atomic mass is 10.1. The Morgan fingerprint density at radius 3 is 2.74 bits per heavy atom. The van der Waals surface area contributed by atoms with E-state index in [-0.39, 0.29) is 17.9 Å². The van der Waals surface area contributed by atoms with E-state index in [9.17, 15) is 28.1 Å². The van der Waals surface area contributed by atoms with Crippen LogP contribution in [0.1, 0.15) is 22.3 Å². The highest BCUT2D eigenvalue weighted by atomic mass is 19.4. The topological polar surface area (TPSA) is 99.3 Å². The quantitative estimate of drug-likeness (QED) is 0.427. The molecule has 1 aromatic carbocycles. The van der Waals surface area contributed by atoms with Crippen molar-refractivity contribution in [1.82, 2.24) is 15.1 Å². The standard InChI is InChI=1S/C16H17F3N4O4/c1-22-9-11(8-21-22)3-2-6-20-15(24)13-7-12(27-10-16(17,18)19)4-5-14(13)23(25)26/h4-5,7-9H,2-3,6,10H2,1H3,(H,20,24). The van der Waals surface area contributed by atoms with Gasteiger partial charge >= 0.3 is 6.18 Å². The maximum Gasteiger partial charge on any atom is 0.422 e. The maximum atomic E-state index is 12.2. The fourth-order valence-corrected chi connectivity index (χ4v) is 2.30. The molecule has 1 amide bonds. The lowest BCUT2D eigenvalue weighted by Gasteiger charge is -2.11. The van der Waals surface area contributed by atoms with Gasteiger partial charge in [-0.15, -0.1) is 0 Å². The Bertz CT molecular complexity index is 820. The van der Waals surface area contributed by atoms with Crippen LogP contribution in [0, 0.1) is 10.1 Å². The monoisotopic (exact) mass is 386 g/mol. The molecule has 0 aliphatic rings. The van der Waals surface area contributed by atoms with Crippen molar-refractivity contribution in [2.45, 2.75) is 19.0 Å². The van der Waals surface area contributed by atoms with Gasteiger partial charge in [-0.1, -0.05) is 0 Å². The number of carbonyl (C=O) groups is 1. The molecular formula is C16H17F3N4O4. The molecule has 2 aromatic rings. The number of aromatic nitrogens is 2. The first-order chi connectivity index (χ1) is 12.7. The number of nitro groups is 1. The first-order valence-electron chi connectivity index (χ1n) is 7.89. The van der Waals surface area contributed by atoms with Crippen LogP contribution in [-0.2, 0) is 13.5 Å². The van der Waals surface area contributed by atoms with Gasteiger partial charge in [0.1, 0.15) is 11.3 Å². The van der Waals surface area contributed by atoms with E-state index in [1.807, 2.05) is 6.20 Å². The van der Waals surface area contributed by atoms with Crippen LogP contribution < -0.4 is 10.1 Å². The van der Waals surface area contributed by atoms with Crippen LogP contribution in [0.4, 0.5) is 18.9 Å². The highest BCUT2D eigenvalue weighted by Crippen LogP contribution is 2.25. The molecule has 0 aliphatic carbocycles. The molecule has 0 bridgehead atoms. The van der Waals surface area contributed by atoms with Crippen molar-refractivity contribution < 1.29 is 27.6 Å². The maximum absolute atomic E-state index is 12.2. The molecule has 0 spiro atoms. The van der Waals surface area contributed by atoms with Crippen molar-refractivity contribution in [3.05, 3.63) is 51.8 Å². The zero-order valence-electron chi connectivity index (χ0n) is 14.3. The molecule has 0 radical (unpaired) electrons. The highest BCUT2D eigenvalue weighted by Gasteiger charge is 2.29. The van der Waals surface area contributed by atoms with Gasteiger partial charge in [-0.2, -0.15) is 18.3 Å². The Morgan fingerprint density at radius 1 is 1.41 bits per heavy atom. The van der Waals surface area contributed by atoms with Crippen molar-refractivity contribution >= 4 is 11.6 Å². The molecule has 1 N–H and O–H groups in total. The molecule has 0 saturated carbocycles. The van der Waals surface area contributed by atoms with E-state index in [1.54, 1.807) is 17.9 Å².